The van der Waals surface area contributed by atoms with Gasteiger partial charge in [0.05, 0.1) is 17.5 Å². The average Bonchev–Trinajstić information content (AvgIpc) is 2.59. The Morgan fingerprint density at radius 1 is 1.04 bits per heavy atom. The summed E-state index contributed by atoms with van der Waals surface area (Å²) in [4.78, 5) is 24.8. The Hall–Kier alpha value is -2.87. The van der Waals surface area contributed by atoms with Gasteiger partial charge in [-0.3, -0.25) is 9.52 Å². The molecule has 0 aliphatic heterocycles. The van der Waals surface area contributed by atoms with Gasteiger partial charge in [0, 0.05) is 5.69 Å². The summed E-state index contributed by atoms with van der Waals surface area (Å²) >= 11 is 0. The zero-order chi connectivity index (χ0) is 19.2. The Morgan fingerprint density at radius 2 is 1.65 bits per heavy atom. The van der Waals surface area contributed by atoms with Gasteiger partial charge >= 0.3 is 5.97 Å². The van der Waals surface area contributed by atoms with E-state index in [1.807, 2.05) is 6.07 Å². The lowest BCUT2D eigenvalue weighted by Crippen LogP contribution is -2.32. The van der Waals surface area contributed by atoms with Crippen LogP contribution in [0, 0.1) is 0 Å². The quantitative estimate of drug-likeness (QED) is 0.724. The molecule has 0 saturated heterocycles. The number of hydrogen-bond acceptors (Lipinski definition) is 5. The van der Waals surface area contributed by atoms with Crippen molar-refractivity contribution in [3.63, 3.8) is 0 Å². The van der Waals surface area contributed by atoms with Gasteiger partial charge in [-0.05, 0) is 30.7 Å². The van der Waals surface area contributed by atoms with Crippen LogP contribution in [0.25, 0.3) is 0 Å². The monoisotopic (exact) mass is 376 g/mol. The van der Waals surface area contributed by atoms with Crippen molar-refractivity contribution < 1.29 is 22.7 Å². The summed E-state index contributed by atoms with van der Waals surface area (Å²) in [5.74, 6) is -1.24. The van der Waals surface area contributed by atoms with E-state index in [4.69, 9.17) is 4.74 Å². The van der Waals surface area contributed by atoms with Gasteiger partial charge in [0.1, 0.15) is 0 Å². The Bertz CT molecular complexity index is 881. The van der Waals surface area contributed by atoms with Crippen molar-refractivity contribution in [3.8, 4) is 0 Å². The summed E-state index contributed by atoms with van der Waals surface area (Å²) in [5.41, 5.74) is 0.716. The number of amides is 1. The van der Waals surface area contributed by atoms with Crippen LogP contribution in [0.4, 0.5) is 11.4 Å². The number of para-hydroxylation sites is 2. The molecule has 0 aliphatic carbocycles. The molecule has 1 atom stereocenters. The molecule has 0 fully saturated rings. The zero-order valence-electron chi connectivity index (χ0n) is 14.4. The lowest BCUT2D eigenvalue weighted by molar-refractivity contribution is -0.124. The second-order valence-electron chi connectivity index (χ2n) is 5.58. The van der Waals surface area contributed by atoms with Gasteiger partial charge in [-0.15, -0.1) is 0 Å². The molecule has 26 heavy (non-hydrogen) atoms. The second kappa shape index (κ2) is 8.48. The number of ether oxygens (including phenoxy) is 1. The molecule has 7 nitrogen and oxygen atoms in total. The van der Waals surface area contributed by atoms with Crippen LogP contribution in [0.1, 0.15) is 23.7 Å². The molecule has 0 aliphatic rings. The summed E-state index contributed by atoms with van der Waals surface area (Å²) in [6.45, 7) is 1.71. The molecule has 0 bridgehead atoms. The zero-order valence-corrected chi connectivity index (χ0v) is 15.2. The summed E-state index contributed by atoms with van der Waals surface area (Å²) in [5, 5.41) is 2.67. The van der Waals surface area contributed by atoms with Crippen LogP contribution >= 0.6 is 0 Å². The Balaban J connectivity index is 2.13. The molecular formula is C18H20N2O5S. The van der Waals surface area contributed by atoms with Crippen LogP contribution in [0.15, 0.2) is 54.6 Å². The summed E-state index contributed by atoms with van der Waals surface area (Å²) in [7, 11) is -3.56. The predicted octanol–water partition coefficient (Wildman–Crippen LogP) is 2.63. The van der Waals surface area contributed by atoms with E-state index in [-0.39, 0.29) is 17.7 Å². The molecule has 1 unspecified atom stereocenters. The highest BCUT2D eigenvalue weighted by molar-refractivity contribution is 7.92. The highest BCUT2D eigenvalue weighted by atomic mass is 32.2. The van der Waals surface area contributed by atoms with Crippen LogP contribution in [0.3, 0.4) is 0 Å². The topological polar surface area (TPSA) is 102 Å². The Morgan fingerprint density at radius 3 is 2.27 bits per heavy atom. The van der Waals surface area contributed by atoms with E-state index in [0.717, 1.165) is 6.26 Å². The third-order valence-corrected chi connectivity index (χ3v) is 3.99. The minimum absolute atomic E-state index is 0.0314. The largest absolute Gasteiger partial charge is 0.449 e. The molecule has 0 saturated carbocycles. The highest BCUT2D eigenvalue weighted by Gasteiger charge is 2.24. The first-order valence-electron chi connectivity index (χ1n) is 7.94. The van der Waals surface area contributed by atoms with Crippen LogP contribution < -0.4 is 10.0 Å². The van der Waals surface area contributed by atoms with Crippen LogP contribution in [0.2, 0.25) is 0 Å². The molecule has 2 rings (SSSR count). The van der Waals surface area contributed by atoms with Crippen molar-refractivity contribution in [1.29, 1.82) is 0 Å². The van der Waals surface area contributed by atoms with E-state index in [2.05, 4.69) is 10.0 Å². The molecule has 2 N–H and O–H groups in total. The number of esters is 1. The molecule has 138 valence electrons. The van der Waals surface area contributed by atoms with Gasteiger partial charge < -0.3 is 10.1 Å². The number of sulfonamides is 1. The fraction of sp³-hybridized carbons (Fsp3) is 0.222. The van der Waals surface area contributed by atoms with Gasteiger partial charge in [-0.25, -0.2) is 13.2 Å². The third kappa shape index (κ3) is 5.59. The number of nitrogens with one attached hydrogen (secondary N) is 2. The Kier molecular flexibility index (Phi) is 6.35. The molecule has 0 radical (unpaired) electrons. The fourth-order valence-electron chi connectivity index (χ4n) is 2.21. The minimum atomic E-state index is -3.56. The number of carbonyl (C=O) groups excluding carboxylic acids is 2. The Labute approximate surface area is 152 Å². The van der Waals surface area contributed by atoms with Gasteiger partial charge in [0.2, 0.25) is 10.0 Å². The second-order valence-corrected chi connectivity index (χ2v) is 7.33. The van der Waals surface area contributed by atoms with Gasteiger partial charge in [0.15, 0.2) is 6.10 Å². The molecule has 0 heterocycles. The van der Waals surface area contributed by atoms with Gasteiger partial charge in [-0.2, -0.15) is 0 Å². The van der Waals surface area contributed by atoms with Crippen molar-refractivity contribution in [2.75, 3.05) is 16.3 Å². The number of rotatable bonds is 7. The standard InChI is InChI=1S/C18H20N2O5S/c1-3-16(17(21)19-13-9-5-4-6-10-13)25-18(22)14-11-7-8-12-15(14)20-26(2,23)24/h4-12,16,20H,3H2,1-2H3,(H,19,21). The molecule has 0 spiro atoms. The summed E-state index contributed by atoms with van der Waals surface area (Å²) in [6.07, 6.45) is 0.248. The van der Waals surface area contributed by atoms with E-state index in [9.17, 15) is 18.0 Å². The van der Waals surface area contributed by atoms with Crippen molar-refractivity contribution in [1.82, 2.24) is 0 Å². The number of benzene rings is 2. The SMILES string of the molecule is CCC(OC(=O)c1ccccc1NS(C)(=O)=O)C(=O)Nc1ccccc1. The number of hydrogen-bond donors (Lipinski definition) is 2. The molecule has 1 amide bonds. The lowest BCUT2D eigenvalue weighted by Gasteiger charge is -2.17. The van der Waals surface area contributed by atoms with Gasteiger partial charge in [0.25, 0.3) is 5.91 Å². The first-order chi connectivity index (χ1) is 12.3. The fourth-order valence-corrected chi connectivity index (χ4v) is 2.79. The van der Waals surface area contributed by atoms with E-state index < -0.39 is 28.0 Å². The van der Waals surface area contributed by atoms with Crippen molar-refractivity contribution in [3.05, 3.63) is 60.2 Å². The molecule has 2 aromatic carbocycles. The van der Waals surface area contributed by atoms with Crippen LogP contribution in [-0.2, 0) is 19.6 Å². The van der Waals surface area contributed by atoms with Gasteiger partial charge in [-0.1, -0.05) is 37.3 Å². The number of carbonyl (C=O) groups is 2. The maximum atomic E-state index is 12.4. The maximum Gasteiger partial charge on any atom is 0.341 e. The van der Waals surface area contributed by atoms with E-state index in [1.165, 1.54) is 12.1 Å². The molecule has 8 heteroatoms. The molecule has 2 aromatic rings. The molecular weight excluding hydrogens is 356 g/mol. The first-order valence-corrected chi connectivity index (χ1v) is 9.83. The lowest BCUT2D eigenvalue weighted by atomic mass is 10.2. The third-order valence-electron chi connectivity index (χ3n) is 3.40. The van der Waals surface area contributed by atoms with E-state index >= 15 is 0 Å². The maximum absolute atomic E-state index is 12.4. The highest BCUT2D eigenvalue weighted by Crippen LogP contribution is 2.19. The van der Waals surface area contributed by atoms with Crippen molar-refractivity contribution in [2.24, 2.45) is 0 Å². The normalized spacial score (nSPS) is 12.1. The number of anilines is 2. The first kappa shape index (κ1) is 19.5. The van der Waals surface area contributed by atoms with Crippen molar-refractivity contribution in [2.45, 2.75) is 19.4 Å². The average molecular weight is 376 g/mol. The van der Waals surface area contributed by atoms with Crippen LogP contribution in [-0.4, -0.2) is 32.7 Å². The summed E-state index contributed by atoms with van der Waals surface area (Å²) < 4.78 is 30.4. The summed E-state index contributed by atoms with van der Waals surface area (Å²) in [6, 6.07) is 14.8. The smallest absolute Gasteiger partial charge is 0.341 e. The minimum Gasteiger partial charge on any atom is -0.449 e. The molecule has 0 aromatic heterocycles. The van der Waals surface area contributed by atoms with Crippen molar-refractivity contribution >= 4 is 33.3 Å². The van der Waals surface area contributed by atoms with E-state index in [0.29, 0.717) is 5.69 Å². The van der Waals surface area contributed by atoms with Crippen LogP contribution in [0.5, 0.6) is 0 Å². The van der Waals surface area contributed by atoms with E-state index in [1.54, 1.807) is 43.3 Å². The predicted molar refractivity (Wildman–Crippen MR) is 99.5 cm³/mol.